The number of aryl methyl sites for hydroxylation is 1. The van der Waals surface area contributed by atoms with Crippen LogP contribution in [0.1, 0.15) is 19.4 Å². The summed E-state index contributed by atoms with van der Waals surface area (Å²) in [5, 5.41) is 0. The van der Waals surface area contributed by atoms with E-state index in [1.54, 1.807) is 11.3 Å². The van der Waals surface area contributed by atoms with Gasteiger partial charge in [0, 0.05) is 6.20 Å². The van der Waals surface area contributed by atoms with Crippen LogP contribution in [0.25, 0.3) is 10.4 Å². The molecule has 74 valence electrons. The standard InChI is InChI=1S/C10H9NS.C2H6/c1-8-2-4-9(5-3-8)10-6-11-7-12-10;1-2/h2-7H,1H3;1-2H3. The smallest absolute Gasteiger partial charge is 0.0797 e. The average molecular weight is 205 g/mol. The Morgan fingerprint density at radius 2 is 1.71 bits per heavy atom. The maximum atomic E-state index is 4.04. The first-order valence-corrected chi connectivity index (χ1v) is 5.70. The molecule has 1 aromatic carbocycles. The summed E-state index contributed by atoms with van der Waals surface area (Å²) in [5.41, 5.74) is 4.40. The van der Waals surface area contributed by atoms with Gasteiger partial charge in [-0.25, -0.2) is 0 Å². The second-order valence-electron chi connectivity index (χ2n) is 2.73. The van der Waals surface area contributed by atoms with Gasteiger partial charge in [0.1, 0.15) is 0 Å². The number of hydrogen-bond acceptors (Lipinski definition) is 2. The Hall–Kier alpha value is -1.15. The minimum absolute atomic E-state index is 1.23. The largest absolute Gasteiger partial charge is 0.252 e. The molecule has 0 aliphatic carbocycles. The van der Waals surface area contributed by atoms with E-state index in [1.165, 1.54) is 16.0 Å². The molecule has 2 aromatic rings. The summed E-state index contributed by atoms with van der Waals surface area (Å²) in [6.07, 6.45) is 1.90. The van der Waals surface area contributed by atoms with Gasteiger partial charge < -0.3 is 0 Å². The average Bonchev–Trinajstić information content (AvgIpc) is 2.75. The first kappa shape index (κ1) is 10.9. The van der Waals surface area contributed by atoms with E-state index in [9.17, 15) is 0 Å². The zero-order valence-electron chi connectivity index (χ0n) is 8.82. The van der Waals surface area contributed by atoms with Gasteiger partial charge in [0.25, 0.3) is 0 Å². The molecule has 0 unspecified atom stereocenters. The Labute approximate surface area is 89.4 Å². The van der Waals surface area contributed by atoms with Gasteiger partial charge in [-0.15, -0.1) is 11.3 Å². The summed E-state index contributed by atoms with van der Waals surface area (Å²) >= 11 is 1.67. The molecule has 0 saturated carbocycles. The summed E-state index contributed by atoms with van der Waals surface area (Å²) in [5.74, 6) is 0. The lowest BCUT2D eigenvalue weighted by atomic mass is 10.1. The predicted octanol–water partition coefficient (Wildman–Crippen LogP) is 4.14. The lowest BCUT2D eigenvalue weighted by Gasteiger charge is -1.95. The molecule has 2 heteroatoms. The Morgan fingerprint density at radius 1 is 1.07 bits per heavy atom. The minimum Gasteiger partial charge on any atom is -0.252 e. The van der Waals surface area contributed by atoms with Crippen LogP contribution in [0.5, 0.6) is 0 Å². The van der Waals surface area contributed by atoms with Gasteiger partial charge in [-0.2, -0.15) is 0 Å². The van der Waals surface area contributed by atoms with Crippen LogP contribution in [0, 0.1) is 6.92 Å². The van der Waals surface area contributed by atoms with E-state index in [2.05, 4.69) is 36.2 Å². The summed E-state index contributed by atoms with van der Waals surface area (Å²) in [6, 6.07) is 8.50. The molecular formula is C12H15NS. The normalized spacial score (nSPS) is 9.07. The number of benzene rings is 1. The summed E-state index contributed by atoms with van der Waals surface area (Å²) < 4.78 is 0. The Kier molecular flexibility index (Phi) is 4.33. The van der Waals surface area contributed by atoms with Crippen LogP contribution >= 0.6 is 11.3 Å². The number of thiazole rings is 1. The lowest BCUT2D eigenvalue weighted by Crippen LogP contribution is -1.73. The minimum atomic E-state index is 1.23. The second-order valence-corrected chi connectivity index (χ2v) is 3.62. The molecular weight excluding hydrogens is 190 g/mol. The molecule has 0 saturated heterocycles. The molecule has 1 nitrogen and oxygen atoms in total. The van der Waals surface area contributed by atoms with Crippen molar-refractivity contribution >= 4 is 11.3 Å². The van der Waals surface area contributed by atoms with Crippen molar-refractivity contribution in [2.75, 3.05) is 0 Å². The highest BCUT2D eigenvalue weighted by molar-refractivity contribution is 7.13. The number of aromatic nitrogens is 1. The fourth-order valence-electron chi connectivity index (χ4n) is 1.08. The van der Waals surface area contributed by atoms with Crippen LogP contribution in [-0.4, -0.2) is 4.98 Å². The maximum absolute atomic E-state index is 4.04. The number of hydrogen-bond donors (Lipinski definition) is 0. The zero-order valence-corrected chi connectivity index (χ0v) is 9.64. The van der Waals surface area contributed by atoms with Crippen molar-refractivity contribution in [1.29, 1.82) is 0 Å². The van der Waals surface area contributed by atoms with E-state index >= 15 is 0 Å². The van der Waals surface area contributed by atoms with Crippen LogP contribution in [0.15, 0.2) is 36.0 Å². The van der Waals surface area contributed by atoms with Crippen molar-refractivity contribution in [3.8, 4) is 10.4 Å². The van der Waals surface area contributed by atoms with Crippen molar-refractivity contribution in [3.63, 3.8) is 0 Å². The van der Waals surface area contributed by atoms with Crippen LogP contribution in [0.2, 0.25) is 0 Å². The van der Waals surface area contributed by atoms with Crippen molar-refractivity contribution in [2.24, 2.45) is 0 Å². The summed E-state index contributed by atoms with van der Waals surface area (Å²) in [7, 11) is 0. The molecule has 0 amide bonds. The third-order valence-corrected chi connectivity index (χ3v) is 2.59. The molecule has 0 aliphatic heterocycles. The van der Waals surface area contributed by atoms with Gasteiger partial charge in [0.15, 0.2) is 0 Å². The Balaban J connectivity index is 0.000000461. The molecule has 0 spiro atoms. The highest BCUT2D eigenvalue weighted by Gasteiger charge is 1.96. The van der Waals surface area contributed by atoms with Crippen molar-refractivity contribution in [2.45, 2.75) is 20.8 Å². The van der Waals surface area contributed by atoms with Crippen LogP contribution < -0.4 is 0 Å². The second kappa shape index (κ2) is 5.55. The first-order valence-electron chi connectivity index (χ1n) is 4.82. The quantitative estimate of drug-likeness (QED) is 0.681. The molecule has 0 fully saturated rings. The highest BCUT2D eigenvalue weighted by atomic mass is 32.1. The lowest BCUT2D eigenvalue weighted by molar-refractivity contribution is 1.42. The summed E-state index contributed by atoms with van der Waals surface area (Å²) in [6.45, 7) is 6.09. The van der Waals surface area contributed by atoms with E-state index < -0.39 is 0 Å². The van der Waals surface area contributed by atoms with Gasteiger partial charge in [0.2, 0.25) is 0 Å². The van der Waals surface area contributed by atoms with E-state index in [-0.39, 0.29) is 0 Å². The predicted molar refractivity (Wildman–Crippen MR) is 63.6 cm³/mol. The van der Waals surface area contributed by atoms with E-state index in [1.807, 2.05) is 25.6 Å². The van der Waals surface area contributed by atoms with Crippen LogP contribution in [0.4, 0.5) is 0 Å². The highest BCUT2D eigenvalue weighted by Crippen LogP contribution is 2.22. The summed E-state index contributed by atoms with van der Waals surface area (Å²) in [4.78, 5) is 5.27. The molecule has 0 aliphatic rings. The molecule has 0 atom stereocenters. The van der Waals surface area contributed by atoms with Crippen molar-refractivity contribution < 1.29 is 0 Å². The molecule has 0 N–H and O–H groups in total. The SMILES string of the molecule is CC.Cc1ccc(-c2cncs2)cc1. The zero-order chi connectivity index (χ0) is 10.4. The fourth-order valence-corrected chi connectivity index (χ4v) is 1.71. The van der Waals surface area contributed by atoms with Gasteiger partial charge >= 0.3 is 0 Å². The maximum Gasteiger partial charge on any atom is 0.0797 e. The fraction of sp³-hybridized carbons (Fsp3) is 0.250. The van der Waals surface area contributed by atoms with Crippen molar-refractivity contribution in [3.05, 3.63) is 41.5 Å². The molecule has 2 rings (SSSR count). The molecule has 14 heavy (non-hydrogen) atoms. The van der Waals surface area contributed by atoms with Gasteiger partial charge in [-0.1, -0.05) is 43.7 Å². The van der Waals surface area contributed by atoms with Gasteiger partial charge in [-0.3, -0.25) is 4.98 Å². The first-order chi connectivity index (χ1) is 6.86. The number of rotatable bonds is 1. The van der Waals surface area contributed by atoms with Crippen molar-refractivity contribution in [1.82, 2.24) is 4.98 Å². The third-order valence-electron chi connectivity index (χ3n) is 1.77. The molecule has 1 heterocycles. The Bertz CT molecular complexity index is 348. The third kappa shape index (κ3) is 2.67. The topological polar surface area (TPSA) is 12.9 Å². The monoisotopic (exact) mass is 205 g/mol. The van der Waals surface area contributed by atoms with Crippen LogP contribution in [0.3, 0.4) is 0 Å². The number of nitrogens with zero attached hydrogens (tertiary/aromatic N) is 1. The van der Waals surface area contributed by atoms with E-state index in [0.29, 0.717) is 0 Å². The van der Waals surface area contributed by atoms with Gasteiger partial charge in [-0.05, 0) is 12.5 Å². The molecule has 1 aromatic heterocycles. The molecule has 0 bridgehead atoms. The van der Waals surface area contributed by atoms with Crippen LogP contribution in [-0.2, 0) is 0 Å². The van der Waals surface area contributed by atoms with Gasteiger partial charge in [0.05, 0.1) is 10.4 Å². The van der Waals surface area contributed by atoms with E-state index in [4.69, 9.17) is 0 Å². The Morgan fingerprint density at radius 3 is 2.21 bits per heavy atom. The molecule has 0 radical (unpaired) electrons. The van der Waals surface area contributed by atoms with E-state index in [0.717, 1.165) is 0 Å².